The van der Waals surface area contributed by atoms with Crippen LogP contribution in [0.15, 0.2) is 30.0 Å². The summed E-state index contributed by atoms with van der Waals surface area (Å²) >= 11 is 2.54. The molecule has 142 valence electrons. The van der Waals surface area contributed by atoms with Crippen molar-refractivity contribution in [2.75, 3.05) is 0 Å². The molecular formula is C21H22O4S2. The van der Waals surface area contributed by atoms with Gasteiger partial charge in [-0.15, -0.1) is 22.7 Å². The Bertz CT molecular complexity index is 1130. The van der Waals surface area contributed by atoms with E-state index in [0.717, 1.165) is 20.6 Å². The number of thiophene rings is 2. The molecule has 0 aliphatic heterocycles. The topological polar surface area (TPSA) is 77.8 Å². The van der Waals surface area contributed by atoms with E-state index < -0.39 is 0 Å². The minimum atomic E-state index is -0.373. The Labute approximate surface area is 165 Å². The molecule has 0 bridgehead atoms. The molecule has 3 N–H and O–H groups in total. The van der Waals surface area contributed by atoms with Crippen molar-refractivity contribution in [3.8, 4) is 11.5 Å². The number of carbonyl (C=O) groups excluding carboxylic acids is 1. The van der Waals surface area contributed by atoms with Crippen LogP contribution in [0, 0.1) is 0 Å². The molecule has 0 amide bonds. The summed E-state index contributed by atoms with van der Waals surface area (Å²) in [5.41, 5.74) is 1.82. The molecule has 2 heterocycles. The highest BCUT2D eigenvalue weighted by Gasteiger charge is 2.39. The summed E-state index contributed by atoms with van der Waals surface area (Å²) in [5, 5.41) is 31.1. The lowest BCUT2D eigenvalue weighted by atomic mass is 9.87. The summed E-state index contributed by atoms with van der Waals surface area (Å²) in [7, 11) is 0. The molecule has 27 heavy (non-hydrogen) atoms. The molecule has 3 rings (SSSR count). The van der Waals surface area contributed by atoms with Crippen LogP contribution in [-0.4, -0.2) is 21.1 Å². The molecule has 0 unspecified atom stereocenters. The molecule has 0 saturated heterocycles. The number of allylic oxidation sites excluding steroid dienone is 3. The molecule has 0 aromatic carbocycles. The summed E-state index contributed by atoms with van der Waals surface area (Å²) in [6.45, 7) is 13.7. The Morgan fingerprint density at radius 2 is 1.63 bits per heavy atom. The molecule has 2 aromatic rings. The monoisotopic (exact) mass is 402 g/mol. The fourth-order valence-electron chi connectivity index (χ4n) is 2.71. The normalized spacial score (nSPS) is 17.9. The van der Waals surface area contributed by atoms with Crippen LogP contribution in [0.4, 0.5) is 0 Å². The van der Waals surface area contributed by atoms with Crippen LogP contribution >= 0.6 is 22.7 Å². The van der Waals surface area contributed by atoms with Gasteiger partial charge in [0.05, 0.1) is 20.6 Å². The molecule has 1 aliphatic rings. The van der Waals surface area contributed by atoms with Crippen molar-refractivity contribution in [2.24, 2.45) is 0 Å². The molecule has 6 heteroatoms. The van der Waals surface area contributed by atoms with Gasteiger partial charge < -0.3 is 15.3 Å². The second kappa shape index (κ2) is 6.39. The van der Waals surface area contributed by atoms with E-state index in [1.165, 1.54) is 22.7 Å². The summed E-state index contributed by atoms with van der Waals surface area (Å²) in [6, 6.07) is 3.22. The van der Waals surface area contributed by atoms with Crippen molar-refractivity contribution in [2.45, 2.75) is 40.0 Å². The van der Waals surface area contributed by atoms with Crippen molar-refractivity contribution in [1.82, 2.24) is 0 Å². The van der Waals surface area contributed by atoms with E-state index in [-0.39, 0.29) is 39.6 Å². The average Bonchev–Trinajstić information content (AvgIpc) is 3.11. The van der Waals surface area contributed by atoms with Gasteiger partial charge in [-0.2, -0.15) is 0 Å². The molecule has 0 saturated carbocycles. The number of rotatable bonds is 2. The van der Waals surface area contributed by atoms with Crippen molar-refractivity contribution in [3.63, 3.8) is 0 Å². The second-order valence-electron chi connectivity index (χ2n) is 7.73. The highest BCUT2D eigenvalue weighted by Crippen LogP contribution is 2.46. The van der Waals surface area contributed by atoms with Gasteiger partial charge in [-0.05, 0) is 37.0 Å². The lowest BCUT2D eigenvalue weighted by Gasteiger charge is -2.20. The maximum absolute atomic E-state index is 12.8. The van der Waals surface area contributed by atoms with Crippen LogP contribution in [0.1, 0.15) is 44.4 Å². The quantitative estimate of drug-likeness (QED) is 0.710. The Kier molecular flexibility index (Phi) is 4.60. The van der Waals surface area contributed by atoms with Crippen molar-refractivity contribution >= 4 is 45.2 Å². The highest BCUT2D eigenvalue weighted by atomic mass is 32.1. The van der Waals surface area contributed by atoms with Crippen LogP contribution in [0.25, 0.3) is 16.7 Å². The molecule has 4 nitrogen and oxygen atoms in total. The molecular weight excluding hydrogens is 380 g/mol. The fourth-order valence-corrected chi connectivity index (χ4v) is 5.03. The Morgan fingerprint density at radius 1 is 1.00 bits per heavy atom. The molecule has 0 fully saturated rings. The number of aliphatic hydroxyl groups is 1. The highest BCUT2D eigenvalue weighted by molar-refractivity contribution is 7.14. The molecule has 0 spiro atoms. The van der Waals surface area contributed by atoms with Crippen LogP contribution in [0.5, 0.6) is 11.5 Å². The first-order valence-corrected chi connectivity index (χ1v) is 10.1. The lowest BCUT2D eigenvalue weighted by Crippen LogP contribution is -2.25. The minimum absolute atomic E-state index is 0.0126. The second-order valence-corrected chi connectivity index (χ2v) is 9.84. The lowest BCUT2D eigenvalue weighted by molar-refractivity contribution is -0.109. The first-order valence-electron chi connectivity index (χ1n) is 8.45. The van der Waals surface area contributed by atoms with Gasteiger partial charge in [0.2, 0.25) is 5.78 Å². The van der Waals surface area contributed by atoms with Crippen molar-refractivity contribution < 1.29 is 20.1 Å². The third kappa shape index (κ3) is 3.13. The van der Waals surface area contributed by atoms with E-state index >= 15 is 0 Å². The van der Waals surface area contributed by atoms with Gasteiger partial charge in [0.15, 0.2) is 0 Å². The first-order chi connectivity index (χ1) is 12.4. The predicted molar refractivity (Wildman–Crippen MR) is 112 cm³/mol. The third-order valence-corrected chi connectivity index (χ3v) is 7.38. The SMILES string of the molecule is C=C(C)/C(C)=c1\cc(O)/c(=C2\C(=O)C(c3sc(C(C)(C)C)cc3O)=C2O)s1. The Morgan fingerprint density at radius 3 is 2.11 bits per heavy atom. The summed E-state index contributed by atoms with van der Waals surface area (Å²) < 4.78 is 1.13. The van der Waals surface area contributed by atoms with Gasteiger partial charge in [0, 0.05) is 9.41 Å². The summed E-state index contributed by atoms with van der Waals surface area (Å²) in [6.07, 6.45) is 0. The zero-order valence-electron chi connectivity index (χ0n) is 15.9. The summed E-state index contributed by atoms with van der Waals surface area (Å²) in [4.78, 5) is 14.0. The van der Waals surface area contributed by atoms with Gasteiger partial charge in [-0.1, -0.05) is 32.9 Å². The van der Waals surface area contributed by atoms with E-state index in [1.807, 2.05) is 34.6 Å². The standard InChI is InChI=1S/C21H22O4S2/c1-9(2)10(3)13-7-11(22)19(26-13)15-17(24)16(18(15)25)20-12(23)8-14(27-20)21(4,5)6/h7-8,22-24H,1H2,2-6H3/b13-10+,19-15+. The zero-order chi connectivity index (χ0) is 20.3. The Hall–Kier alpha value is -2.31. The number of Topliss-reactive ketones (excluding diaryl/α,β-unsaturated/α-hetero) is 1. The van der Waals surface area contributed by atoms with E-state index in [9.17, 15) is 20.1 Å². The molecule has 0 atom stereocenters. The minimum Gasteiger partial charge on any atom is -0.506 e. The van der Waals surface area contributed by atoms with Gasteiger partial charge in [-0.25, -0.2) is 0 Å². The average molecular weight is 403 g/mol. The number of carbonyl (C=O) groups is 1. The van der Waals surface area contributed by atoms with Gasteiger partial charge in [0.25, 0.3) is 0 Å². The maximum Gasteiger partial charge on any atom is 0.203 e. The van der Waals surface area contributed by atoms with Crippen molar-refractivity contribution in [1.29, 1.82) is 0 Å². The maximum atomic E-state index is 12.8. The van der Waals surface area contributed by atoms with Gasteiger partial charge in [-0.3, -0.25) is 4.79 Å². The number of hydrogen-bond donors (Lipinski definition) is 3. The van der Waals surface area contributed by atoms with Crippen LogP contribution in [-0.2, 0) is 10.2 Å². The fraction of sp³-hybridized carbons (Fsp3) is 0.286. The zero-order valence-corrected chi connectivity index (χ0v) is 17.6. The molecule has 2 aromatic heterocycles. The van der Waals surface area contributed by atoms with E-state index in [1.54, 1.807) is 12.1 Å². The predicted octanol–water partition coefficient (Wildman–Crippen LogP) is 3.97. The van der Waals surface area contributed by atoms with Gasteiger partial charge in [0.1, 0.15) is 17.3 Å². The van der Waals surface area contributed by atoms with Crippen LogP contribution in [0.3, 0.4) is 0 Å². The van der Waals surface area contributed by atoms with E-state index in [2.05, 4.69) is 6.58 Å². The smallest absolute Gasteiger partial charge is 0.203 e. The van der Waals surface area contributed by atoms with Crippen molar-refractivity contribution in [3.05, 3.63) is 48.9 Å². The van der Waals surface area contributed by atoms with Crippen LogP contribution < -0.4 is 9.06 Å². The summed E-state index contributed by atoms with van der Waals surface area (Å²) in [5.74, 6) is -0.618. The van der Waals surface area contributed by atoms with Crippen LogP contribution in [0.2, 0.25) is 0 Å². The number of aromatic hydroxyl groups is 2. The Balaban J connectivity index is 2.20. The molecule has 1 aliphatic carbocycles. The number of hydrogen-bond acceptors (Lipinski definition) is 6. The van der Waals surface area contributed by atoms with E-state index in [0.29, 0.717) is 9.41 Å². The van der Waals surface area contributed by atoms with Gasteiger partial charge >= 0.3 is 0 Å². The van der Waals surface area contributed by atoms with E-state index in [4.69, 9.17) is 0 Å². The largest absolute Gasteiger partial charge is 0.506 e. The first kappa shape index (κ1) is 19.5. The number of aliphatic hydroxyl groups excluding tert-OH is 1. The number of ketones is 1. The molecule has 0 radical (unpaired) electrons. The third-order valence-electron chi connectivity index (χ3n) is 4.56.